The fourth-order valence-corrected chi connectivity index (χ4v) is 2.22. The predicted molar refractivity (Wildman–Crippen MR) is 100.0 cm³/mol. The zero-order valence-corrected chi connectivity index (χ0v) is 15.7. The Labute approximate surface area is 153 Å². The molecule has 0 saturated carbocycles. The van der Waals surface area contributed by atoms with Gasteiger partial charge in [-0.05, 0) is 46.8 Å². The lowest BCUT2D eigenvalue weighted by atomic mass is 10.0. The van der Waals surface area contributed by atoms with Gasteiger partial charge in [0, 0.05) is 11.1 Å². The van der Waals surface area contributed by atoms with Crippen LogP contribution < -0.4 is 15.5 Å². The molecule has 0 radical (unpaired) electrons. The van der Waals surface area contributed by atoms with E-state index in [2.05, 4.69) is 15.8 Å². The number of hydrazone groups is 1. The normalized spacial score (nSPS) is 17.6. The van der Waals surface area contributed by atoms with Gasteiger partial charge < -0.3 is 14.8 Å². The van der Waals surface area contributed by atoms with Crippen molar-refractivity contribution < 1.29 is 19.1 Å². The second kappa shape index (κ2) is 8.03. The molecule has 1 heterocycles. The highest BCUT2D eigenvalue weighted by atomic mass is 16.6. The average molecular weight is 359 g/mol. The van der Waals surface area contributed by atoms with Gasteiger partial charge in [-0.3, -0.25) is 4.79 Å². The third-order valence-corrected chi connectivity index (χ3v) is 3.53. The lowest BCUT2D eigenvalue weighted by Crippen LogP contribution is -2.45. The third-order valence-electron chi connectivity index (χ3n) is 3.53. The first-order chi connectivity index (χ1) is 12.2. The highest BCUT2D eigenvalue weighted by Crippen LogP contribution is 2.28. The molecule has 1 aromatic carbocycles. The van der Waals surface area contributed by atoms with E-state index < -0.39 is 23.6 Å². The van der Waals surface area contributed by atoms with Crippen LogP contribution in [0.1, 0.15) is 40.2 Å². The van der Waals surface area contributed by atoms with Crippen molar-refractivity contribution >= 4 is 24.3 Å². The third kappa shape index (κ3) is 5.61. The molecular formula is C19H25N3O4. The van der Waals surface area contributed by atoms with Crippen LogP contribution in [0.3, 0.4) is 0 Å². The number of nitrogens with one attached hydrogen (secondary N) is 2. The molecule has 1 aliphatic rings. The van der Waals surface area contributed by atoms with Gasteiger partial charge in [0.05, 0.1) is 6.21 Å². The Morgan fingerprint density at radius 2 is 2.00 bits per heavy atom. The monoisotopic (exact) mass is 359 g/mol. The molecule has 2 N–H and O–H groups in total. The molecule has 7 nitrogen and oxygen atoms in total. The Kier molecular flexibility index (Phi) is 6.02. The number of amides is 2. The van der Waals surface area contributed by atoms with Gasteiger partial charge in [-0.1, -0.05) is 18.2 Å². The van der Waals surface area contributed by atoms with E-state index in [0.717, 1.165) is 16.9 Å². The van der Waals surface area contributed by atoms with Gasteiger partial charge in [0.25, 0.3) is 5.91 Å². The number of benzene rings is 1. The summed E-state index contributed by atoms with van der Waals surface area (Å²) in [5, 5.41) is 6.42. The largest absolute Gasteiger partial charge is 0.485 e. The average Bonchev–Trinajstić information content (AvgIpc) is 2.53. The van der Waals surface area contributed by atoms with Crippen LogP contribution >= 0.6 is 0 Å². The summed E-state index contributed by atoms with van der Waals surface area (Å²) >= 11 is 0. The fourth-order valence-electron chi connectivity index (χ4n) is 2.22. The van der Waals surface area contributed by atoms with Crippen molar-refractivity contribution in [2.75, 3.05) is 0 Å². The molecule has 0 spiro atoms. The van der Waals surface area contributed by atoms with Crippen molar-refractivity contribution in [1.29, 1.82) is 0 Å². The lowest BCUT2D eigenvalue weighted by molar-refractivity contribution is -0.122. The number of carbonyl (C=O) groups excluding carboxylic acids is 2. The van der Waals surface area contributed by atoms with Crippen LogP contribution in [-0.2, 0) is 9.53 Å². The van der Waals surface area contributed by atoms with Gasteiger partial charge in [-0.25, -0.2) is 10.2 Å². The van der Waals surface area contributed by atoms with Crippen LogP contribution in [0.2, 0.25) is 0 Å². The first kappa shape index (κ1) is 19.5. The van der Waals surface area contributed by atoms with Gasteiger partial charge in [-0.2, -0.15) is 5.10 Å². The molecule has 1 aliphatic heterocycles. The van der Waals surface area contributed by atoms with Crippen molar-refractivity contribution in [2.24, 2.45) is 5.10 Å². The smallest absolute Gasteiger partial charge is 0.408 e. The van der Waals surface area contributed by atoms with Crippen molar-refractivity contribution in [2.45, 2.75) is 52.4 Å². The minimum absolute atomic E-state index is 0.178. The maximum absolute atomic E-state index is 12.0. The number of para-hydroxylation sites is 1. The number of hydrogen-bond acceptors (Lipinski definition) is 5. The van der Waals surface area contributed by atoms with Crippen LogP contribution in [0.25, 0.3) is 6.08 Å². The van der Waals surface area contributed by atoms with Crippen molar-refractivity contribution in [1.82, 2.24) is 10.7 Å². The molecule has 0 aliphatic carbocycles. The molecule has 1 aromatic rings. The van der Waals surface area contributed by atoms with Crippen molar-refractivity contribution in [3.8, 4) is 5.75 Å². The summed E-state index contributed by atoms with van der Waals surface area (Å²) in [6, 6.07) is 6.91. The number of carbonyl (C=O) groups is 2. The minimum Gasteiger partial charge on any atom is -0.485 e. The summed E-state index contributed by atoms with van der Waals surface area (Å²) in [5.74, 6) is 0.369. The molecule has 0 fully saturated rings. The Morgan fingerprint density at radius 1 is 1.31 bits per heavy atom. The van der Waals surface area contributed by atoms with Gasteiger partial charge in [-0.15, -0.1) is 0 Å². The standard InChI is InChI=1S/C19H25N3O4/c1-12(21-18(24)26-19(3,4)5)17(23)22-20-11-15-10-14-8-6-7-9-16(14)25-13(15)2/h6-13H,1-5H3,(H,21,24)(H,22,23)/b20-11+/t12-,13?/m0/s1. The van der Waals surface area contributed by atoms with Crippen LogP contribution in [-0.4, -0.2) is 36.0 Å². The Hall–Kier alpha value is -2.83. The number of rotatable bonds is 4. The van der Waals surface area contributed by atoms with E-state index in [-0.39, 0.29) is 6.10 Å². The highest BCUT2D eigenvalue weighted by Gasteiger charge is 2.21. The Bertz CT molecular complexity index is 735. The maximum atomic E-state index is 12.0. The zero-order valence-electron chi connectivity index (χ0n) is 15.7. The lowest BCUT2D eigenvalue weighted by Gasteiger charge is -2.22. The number of nitrogens with zero attached hydrogens (tertiary/aromatic N) is 1. The molecule has 140 valence electrons. The van der Waals surface area contributed by atoms with Gasteiger partial charge in [0.1, 0.15) is 23.5 Å². The summed E-state index contributed by atoms with van der Waals surface area (Å²) in [5.41, 5.74) is 3.57. The van der Waals surface area contributed by atoms with Crippen LogP contribution in [0, 0.1) is 0 Å². The van der Waals surface area contributed by atoms with Crippen molar-refractivity contribution in [3.63, 3.8) is 0 Å². The molecule has 1 unspecified atom stereocenters. The van der Waals surface area contributed by atoms with Crippen LogP contribution in [0.5, 0.6) is 5.75 Å². The molecule has 0 aromatic heterocycles. The van der Waals surface area contributed by atoms with Gasteiger partial charge >= 0.3 is 6.09 Å². The summed E-state index contributed by atoms with van der Waals surface area (Å²) < 4.78 is 10.9. The predicted octanol–water partition coefficient (Wildman–Crippen LogP) is 2.87. The maximum Gasteiger partial charge on any atom is 0.408 e. The first-order valence-corrected chi connectivity index (χ1v) is 8.45. The summed E-state index contributed by atoms with van der Waals surface area (Å²) in [4.78, 5) is 23.7. The number of ether oxygens (including phenoxy) is 2. The van der Waals surface area contributed by atoms with Crippen LogP contribution in [0.4, 0.5) is 4.79 Å². The topological polar surface area (TPSA) is 89.0 Å². The second-order valence-corrected chi connectivity index (χ2v) is 7.04. The molecular weight excluding hydrogens is 334 g/mol. The van der Waals surface area contributed by atoms with Gasteiger partial charge in [0.15, 0.2) is 0 Å². The molecule has 26 heavy (non-hydrogen) atoms. The Balaban J connectivity index is 1.90. The van der Waals surface area contributed by atoms with E-state index in [0.29, 0.717) is 0 Å². The number of fused-ring (bicyclic) bond motifs is 1. The van der Waals surface area contributed by atoms with Crippen LogP contribution in [0.15, 0.2) is 34.9 Å². The van der Waals surface area contributed by atoms with E-state index in [1.54, 1.807) is 33.9 Å². The van der Waals surface area contributed by atoms with Gasteiger partial charge in [0.2, 0.25) is 0 Å². The first-order valence-electron chi connectivity index (χ1n) is 8.45. The highest BCUT2D eigenvalue weighted by molar-refractivity contribution is 5.90. The molecule has 2 atom stereocenters. The van der Waals surface area contributed by atoms with E-state index in [1.165, 1.54) is 0 Å². The van der Waals surface area contributed by atoms with E-state index in [1.807, 2.05) is 37.3 Å². The number of hydrogen-bond donors (Lipinski definition) is 2. The van der Waals surface area contributed by atoms with E-state index in [9.17, 15) is 9.59 Å². The summed E-state index contributed by atoms with van der Waals surface area (Å²) in [6.45, 7) is 8.71. The molecule has 0 saturated heterocycles. The second-order valence-electron chi connectivity index (χ2n) is 7.04. The van der Waals surface area contributed by atoms with E-state index >= 15 is 0 Å². The van der Waals surface area contributed by atoms with Crippen molar-refractivity contribution in [3.05, 3.63) is 35.4 Å². The summed E-state index contributed by atoms with van der Waals surface area (Å²) in [6.07, 6.45) is 2.67. The molecule has 2 rings (SSSR count). The number of alkyl carbamates (subject to hydrolysis) is 1. The SMILES string of the molecule is CC1Oc2ccccc2C=C1/C=N/NC(=O)[C@H](C)NC(=O)OC(C)(C)C. The molecule has 2 amide bonds. The Morgan fingerprint density at radius 3 is 2.69 bits per heavy atom. The minimum atomic E-state index is -0.781. The molecule has 0 bridgehead atoms. The summed E-state index contributed by atoms with van der Waals surface area (Å²) in [7, 11) is 0. The molecule has 7 heteroatoms. The zero-order chi connectivity index (χ0) is 19.3. The quantitative estimate of drug-likeness (QED) is 0.639. The van der Waals surface area contributed by atoms with E-state index in [4.69, 9.17) is 9.47 Å². The fraction of sp³-hybridized carbons (Fsp3) is 0.421.